The van der Waals surface area contributed by atoms with Crippen LogP contribution in [0.1, 0.15) is 30.0 Å². The molecular formula is C15H16F3N3. The molecule has 1 N–H and O–H groups in total. The second kappa shape index (κ2) is 6.67. The molecule has 0 bridgehead atoms. The van der Waals surface area contributed by atoms with Crippen LogP contribution in [0.25, 0.3) is 0 Å². The van der Waals surface area contributed by atoms with Gasteiger partial charge in [0.25, 0.3) is 0 Å². The van der Waals surface area contributed by atoms with E-state index >= 15 is 0 Å². The van der Waals surface area contributed by atoms with Crippen molar-refractivity contribution in [2.75, 3.05) is 6.54 Å². The minimum absolute atomic E-state index is 0.111. The largest absolute Gasteiger partial charge is 0.433 e. The van der Waals surface area contributed by atoms with Gasteiger partial charge in [-0.05, 0) is 18.2 Å². The third kappa shape index (κ3) is 4.26. The van der Waals surface area contributed by atoms with Crippen LogP contribution >= 0.6 is 0 Å². The standard InChI is InChI=1S/C15H16F3N3/c1-2-19-12(11-6-4-3-5-7-11)10-14-20-9-8-13(21-14)15(16,17)18/h3-9,12,19H,2,10H2,1H3. The van der Waals surface area contributed by atoms with E-state index in [1.165, 1.54) is 0 Å². The molecule has 0 amide bonds. The summed E-state index contributed by atoms with van der Waals surface area (Å²) in [4.78, 5) is 7.56. The van der Waals surface area contributed by atoms with E-state index in [2.05, 4.69) is 15.3 Å². The number of likely N-dealkylation sites (N-methyl/N-ethyl adjacent to an activating group) is 1. The summed E-state index contributed by atoms with van der Waals surface area (Å²) >= 11 is 0. The minimum atomic E-state index is -4.45. The molecular weight excluding hydrogens is 279 g/mol. The minimum Gasteiger partial charge on any atom is -0.310 e. The Hall–Kier alpha value is -1.95. The van der Waals surface area contributed by atoms with E-state index in [1.54, 1.807) is 0 Å². The SMILES string of the molecule is CCNC(Cc1nccc(C(F)(F)F)n1)c1ccccc1. The Balaban J connectivity index is 2.21. The van der Waals surface area contributed by atoms with Gasteiger partial charge in [0.05, 0.1) is 0 Å². The Labute approximate surface area is 121 Å². The highest BCUT2D eigenvalue weighted by atomic mass is 19.4. The lowest BCUT2D eigenvalue weighted by Gasteiger charge is -2.18. The van der Waals surface area contributed by atoms with Gasteiger partial charge in [0.1, 0.15) is 11.5 Å². The molecule has 0 saturated carbocycles. The summed E-state index contributed by atoms with van der Waals surface area (Å²) in [5, 5.41) is 3.24. The van der Waals surface area contributed by atoms with Gasteiger partial charge in [-0.15, -0.1) is 0 Å². The third-order valence-corrected chi connectivity index (χ3v) is 3.04. The summed E-state index contributed by atoms with van der Waals surface area (Å²) < 4.78 is 38.0. The first-order chi connectivity index (χ1) is 10.0. The number of rotatable bonds is 5. The molecule has 21 heavy (non-hydrogen) atoms. The molecule has 2 rings (SSSR count). The van der Waals surface area contributed by atoms with Crippen molar-refractivity contribution in [3.8, 4) is 0 Å². The van der Waals surface area contributed by atoms with Crippen molar-refractivity contribution in [3.05, 3.63) is 59.7 Å². The molecule has 0 fully saturated rings. The predicted octanol–water partition coefficient (Wildman–Crippen LogP) is 3.39. The van der Waals surface area contributed by atoms with Crippen LogP contribution in [0.15, 0.2) is 42.6 Å². The highest BCUT2D eigenvalue weighted by Crippen LogP contribution is 2.27. The van der Waals surface area contributed by atoms with Gasteiger partial charge in [0.15, 0.2) is 0 Å². The van der Waals surface area contributed by atoms with Crippen molar-refractivity contribution in [3.63, 3.8) is 0 Å². The van der Waals surface area contributed by atoms with Crippen LogP contribution in [-0.2, 0) is 12.6 Å². The van der Waals surface area contributed by atoms with Crippen LogP contribution in [-0.4, -0.2) is 16.5 Å². The van der Waals surface area contributed by atoms with E-state index in [9.17, 15) is 13.2 Å². The van der Waals surface area contributed by atoms with E-state index in [1.807, 2.05) is 37.3 Å². The zero-order chi connectivity index (χ0) is 15.3. The van der Waals surface area contributed by atoms with Crippen LogP contribution in [0.5, 0.6) is 0 Å². The van der Waals surface area contributed by atoms with E-state index in [0.29, 0.717) is 13.0 Å². The topological polar surface area (TPSA) is 37.8 Å². The number of hydrogen-bond acceptors (Lipinski definition) is 3. The number of aromatic nitrogens is 2. The van der Waals surface area contributed by atoms with Crippen molar-refractivity contribution >= 4 is 0 Å². The Bertz CT molecular complexity index is 570. The fourth-order valence-corrected chi connectivity index (χ4v) is 2.08. The summed E-state index contributed by atoms with van der Waals surface area (Å²) in [7, 11) is 0. The van der Waals surface area contributed by atoms with Crippen molar-refractivity contribution < 1.29 is 13.2 Å². The highest BCUT2D eigenvalue weighted by Gasteiger charge is 2.32. The van der Waals surface area contributed by atoms with Crippen molar-refractivity contribution in [2.24, 2.45) is 0 Å². The second-order valence-electron chi connectivity index (χ2n) is 4.58. The Morgan fingerprint density at radius 2 is 1.86 bits per heavy atom. The molecule has 112 valence electrons. The van der Waals surface area contributed by atoms with Gasteiger partial charge in [0.2, 0.25) is 0 Å². The zero-order valence-corrected chi connectivity index (χ0v) is 11.6. The first kappa shape index (κ1) is 15.4. The number of alkyl halides is 3. The molecule has 2 aromatic rings. The van der Waals surface area contributed by atoms with Gasteiger partial charge in [0, 0.05) is 18.7 Å². The maximum atomic E-state index is 12.7. The monoisotopic (exact) mass is 295 g/mol. The van der Waals surface area contributed by atoms with Crippen LogP contribution in [0.4, 0.5) is 13.2 Å². The van der Waals surface area contributed by atoms with Crippen molar-refractivity contribution in [1.29, 1.82) is 0 Å². The molecule has 1 heterocycles. The lowest BCUT2D eigenvalue weighted by Crippen LogP contribution is -2.24. The van der Waals surface area contributed by atoms with Gasteiger partial charge in [-0.2, -0.15) is 13.2 Å². The first-order valence-corrected chi connectivity index (χ1v) is 6.68. The Morgan fingerprint density at radius 3 is 2.48 bits per heavy atom. The third-order valence-electron chi connectivity index (χ3n) is 3.04. The lowest BCUT2D eigenvalue weighted by molar-refractivity contribution is -0.141. The quantitative estimate of drug-likeness (QED) is 0.919. The van der Waals surface area contributed by atoms with Gasteiger partial charge < -0.3 is 5.32 Å². The summed E-state index contributed by atoms with van der Waals surface area (Å²) in [6.07, 6.45) is -2.99. The van der Waals surface area contributed by atoms with E-state index in [4.69, 9.17) is 0 Å². The summed E-state index contributed by atoms with van der Waals surface area (Å²) in [6.45, 7) is 2.65. The zero-order valence-electron chi connectivity index (χ0n) is 11.6. The number of nitrogens with zero attached hydrogens (tertiary/aromatic N) is 2. The molecule has 6 heteroatoms. The average molecular weight is 295 g/mol. The molecule has 1 aromatic heterocycles. The average Bonchev–Trinajstić information content (AvgIpc) is 2.47. The molecule has 0 aliphatic rings. The smallest absolute Gasteiger partial charge is 0.310 e. The molecule has 1 unspecified atom stereocenters. The summed E-state index contributed by atoms with van der Waals surface area (Å²) in [6, 6.07) is 10.3. The van der Waals surface area contributed by atoms with Gasteiger partial charge in [-0.3, -0.25) is 0 Å². The van der Waals surface area contributed by atoms with Crippen LogP contribution in [0.3, 0.4) is 0 Å². The van der Waals surface area contributed by atoms with Crippen molar-refractivity contribution in [2.45, 2.75) is 25.6 Å². The van der Waals surface area contributed by atoms with Crippen LogP contribution in [0.2, 0.25) is 0 Å². The Kier molecular flexibility index (Phi) is 4.90. The molecule has 0 radical (unpaired) electrons. The second-order valence-corrected chi connectivity index (χ2v) is 4.58. The first-order valence-electron chi connectivity index (χ1n) is 6.68. The molecule has 3 nitrogen and oxygen atoms in total. The van der Waals surface area contributed by atoms with Gasteiger partial charge in [-0.1, -0.05) is 37.3 Å². The van der Waals surface area contributed by atoms with Crippen molar-refractivity contribution in [1.82, 2.24) is 15.3 Å². The maximum Gasteiger partial charge on any atom is 0.433 e. The molecule has 0 aliphatic heterocycles. The lowest BCUT2D eigenvalue weighted by atomic mass is 10.0. The Morgan fingerprint density at radius 1 is 1.14 bits per heavy atom. The molecule has 0 spiro atoms. The highest BCUT2D eigenvalue weighted by molar-refractivity contribution is 5.20. The summed E-state index contributed by atoms with van der Waals surface area (Å²) in [5.41, 5.74) is 0.0937. The fourth-order valence-electron chi connectivity index (χ4n) is 2.08. The number of benzene rings is 1. The molecule has 1 atom stereocenters. The van der Waals surface area contributed by atoms with Gasteiger partial charge >= 0.3 is 6.18 Å². The summed E-state index contributed by atoms with van der Waals surface area (Å²) in [5.74, 6) is 0.180. The molecule has 1 aromatic carbocycles. The van der Waals surface area contributed by atoms with E-state index < -0.39 is 11.9 Å². The van der Waals surface area contributed by atoms with E-state index in [0.717, 1.165) is 17.8 Å². The van der Waals surface area contributed by atoms with Crippen LogP contribution < -0.4 is 5.32 Å². The predicted molar refractivity (Wildman–Crippen MR) is 73.6 cm³/mol. The normalized spacial score (nSPS) is 13.1. The fraction of sp³-hybridized carbons (Fsp3) is 0.333. The number of halogens is 3. The molecule has 0 saturated heterocycles. The van der Waals surface area contributed by atoms with Gasteiger partial charge in [-0.25, -0.2) is 9.97 Å². The maximum absolute atomic E-state index is 12.7. The number of hydrogen-bond donors (Lipinski definition) is 1. The van der Waals surface area contributed by atoms with Crippen LogP contribution in [0, 0.1) is 0 Å². The van der Waals surface area contributed by atoms with E-state index in [-0.39, 0.29) is 11.9 Å². The molecule has 0 aliphatic carbocycles. The number of nitrogens with one attached hydrogen (secondary N) is 1.